The van der Waals surface area contributed by atoms with E-state index in [9.17, 15) is 22.4 Å². The van der Waals surface area contributed by atoms with Crippen LogP contribution in [0, 0.1) is 5.82 Å². The van der Waals surface area contributed by atoms with Crippen LogP contribution in [0.1, 0.15) is 18.1 Å². The summed E-state index contributed by atoms with van der Waals surface area (Å²) in [6.07, 6.45) is 0.155. The van der Waals surface area contributed by atoms with Crippen molar-refractivity contribution in [3.63, 3.8) is 0 Å². The number of rotatable bonds is 14. The smallest absolute Gasteiger partial charge is 0.264 e. The lowest BCUT2D eigenvalue weighted by molar-refractivity contribution is -0.140. The summed E-state index contributed by atoms with van der Waals surface area (Å²) in [6, 6.07) is 23.9. The predicted molar refractivity (Wildman–Crippen MR) is 175 cm³/mol. The first-order valence-corrected chi connectivity index (χ1v) is 16.3. The Morgan fingerprint density at radius 3 is 2.17 bits per heavy atom. The summed E-state index contributed by atoms with van der Waals surface area (Å²) in [7, 11) is -1.66. The number of hydrogen-bond acceptors (Lipinski definition) is 6. The van der Waals surface area contributed by atoms with Gasteiger partial charge in [0.2, 0.25) is 11.8 Å². The molecule has 2 amide bonds. The van der Waals surface area contributed by atoms with E-state index in [1.165, 1.54) is 49.5 Å². The van der Waals surface area contributed by atoms with E-state index >= 15 is 0 Å². The number of nitrogens with one attached hydrogen (secondary N) is 1. The van der Waals surface area contributed by atoms with E-state index in [-0.39, 0.29) is 29.3 Å². The molecule has 0 fully saturated rings. The molecule has 4 aromatic carbocycles. The molecule has 0 spiro atoms. The quantitative estimate of drug-likeness (QED) is 0.191. The summed E-state index contributed by atoms with van der Waals surface area (Å²) in [5, 5.41) is 3.19. The van der Waals surface area contributed by atoms with Gasteiger partial charge >= 0.3 is 0 Å². The lowest BCUT2D eigenvalue weighted by atomic mass is 10.0. The molecule has 242 valence electrons. The van der Waals surface area contributed by atoms with Crippen LogP contribution in [0.3, 0.4) is 0 Å². The van der Waals surface area contributed by atoms with Crippen molar-refractivity contribution in [2.45, 2.75) is 30.8 Å². The van der Waals surface area contributed by atoms with Gasteiger partial charge in [-0.1, -0.05) is 60.1 Å². The van der Waals surface area contributed by atoms with Gasteiger partial charge in [0.15, 0.2) is 11.5 Å². The maximum absolute atomic E-state index is 14.4. The second-order valence-electron chi connectivity index (χ2n) is 10.2. The predicted octanol–water partition coefficient (Wildman–Crippen LogP) is 5.47. The van der Waals surface area contributed by atoms with E-state index in [1.54, 1.807) is 31.2 Å². The van der Waals surface area contributed by atoms with E-state index < -0.39 is 40.2 Å². The van der Waals surface area contributed by atoms with Crippen molar-refractivity contribution in [1.29, 1.82) is 0 Å². The first kappa shape index (κ1) is 34.3. The van der Waals surface area contributed by atoms with Crippen LogP contribution in [0.5, 0.6) is 11.5 Å². The van der Waals surface area contributed by atoms with Gasteiger partial charge in [0.25, 0.3) is 10.0 Å². The Bertz CT molecular complexity index is 1760. The first-order valence-electron chi connectivity index (χ1n) is 14.4. The Morgan fingerprint density at radius 1 is 0.891 bits per heavy atom. The fraction of sp³-hybridized carbons (Fsp3) is 0.235. The van der Waals surface area contributed by atoms with E-state index in [0.717, 1.165) is 22.0 Å². The van der Waals surface area contributed by atoms with Crippen molar-refractivity contribution in [2.24, 2.45) is 0 Å². The van der Waals surface area contributed by atoms with Crippen LogP contribution in [-0.2, 0) is 32.6 Å². The van der Waals surface area contributed by atoms with Crippen LogP contribution in [0.4, 0.5) is 10.1 Å². The molecule has 0 heterocycles. The molecule has 0 aromatic heterocycles. The van der Waals surface area contributed by atoms with Gasteiger partial charge in [-0.25, -0.2) is 12.8 Å². The molecule has 4 rings (SSSR count). The zero-order valence-electron chi connectivity index (χ0n) is 25.7. The highest BCUT2D eigenvalue weighted by atomic mass is 35.5. The van der Waals surface area contributed by atoms with E-state index in [1.807, 2.05) is 30.3 Å². The van der Waals surface area contributed by atoms with Crippen molar-refractivity contribution in [3.8, 4) is 11.5 Å². The summed E-state index contributed by atoms with van der Waals surface area (Å²) < 4.78 is 53.9. The molecule has 0 aliphatic rings. The van der Waals surface area contributed by atoms with Gasteiger partial charge in [0, 0.05) is 30.6 Å². The number of halogens is 2. The third-order valence-corrected chi connectivity index (χ3v) is 9.40. The molecule has 0 radical (unpaired) electrons. The van der Waals surface area contributed by atoms with Crippen LogP contribution in [0.25, 0.3) is 0 Å². The van der Waals surface area contributed by atoms with Crippen molar-refractivity contribution < 1.29 is 31.9 Å². The number of ether oxygens (including phenoxy) is 2. The van der Waals surface area contributed by atoms with Crippen LogP contribution >= 0.6 is 11.6 Å². The number of nitrogens with zero attached hydrogens (tertiary/aromatic N) is 2. The second kappa shape index (κ2) is 15.6. The van der Waals surface area contributed by atoms with Crippen LogP contribution < -0.4 is 19.1 Å². The molecule has 0 aliphatic heterocycles. The fourth-order valence-electron chi connectivity index (χ4n) is 4.90. The minimum absolute atomic E-state index is 0.0415. The van der Waals surface area contributed by atoms with Gasteiger partial charge < -0.3 is 19.7 Å². The minimum atomic E-state index is -4.45. The van der Waals surface area contributed by atoms with Gasteiger partial charge in [-0.3, -0.25) is 13.9 Å². The summed E-state index contributed by atoms with van der Waals surface area (Å²) in [4.78, 5) is 29.1. The molecular formula is C34H35ClFN3O6S. The van der Waals surface area contributed by atoms with Crippen molar-refractivity contribution in [2.75, 3.05) is 31.6 Å². The molecule has 4 aromatic rings. The summed E-state index contributed by atoms with van der Waals surface area (Å²) in [5.41, 5.74) is 1.40. The number of sulfonamides is 1. The Hall–Kier alpha value is -4.61. The highest BCUT2D eigenvalue weighted by Crippen LogP contribution is 2.32. The number of methoxy groups -OCH3 is 2. The summed E-state index contributed by atoms with van der Waals surface area (Å²) in [6.45, 7) is 1.29. The minimum Gasteiger partial charge on any atom is -0.493 e. The number of likely N-dealkylation sites (N-methyl/N-ethyl adjacent to an activating group) is 1. The molecule has 0 saturated carbocycles. The average molecular weight is 668 g/mol. The number of carbonyl (C=O) groups excluding carboxylic acids is 2. The summed E-state index contributed by atoms with van der Waals surface area (Å²) in [5.74, 6) is -1.21. The topological polar surface area (TPSA) is 105 Å². The number of benzene rings is 4. The van der Waals surface area contributed by atoms with Gasteiger partial charge in [0.05, 0.1) is 24.8 Å². The lowest BCUT2D eigenvalue weighted by Crippen LogP contribution is -2.53. The van der Waals surface area contributed by atoms with Crippen LogP contribution in [0.15, 0.2) is 102 Å². The van der Waals surface area contributed by atoms with E-state index in [0.29, 0.717) is 22.9 Å². The third-order valence-electron chi connectivity index (χ3n) is 7.26. The lowest BCUT2D eigenvalue weighted by Gasteiger charge is -2.34. The number of carbonyl (C=O) groups is 2. The highest BCUT2D eigenvalue weighted by Gasteiger charge is 2.35. The van der Waals surface area contributed by atoms with Gasteiger partial charge in [-0.2, -0.15) is 0 Å². The van der Waals surface area contributed by atoms with Crippen molar-refractivity contribution in [1.82, 2.24) is 10.2 Å². The maximum atomic E-state index is 14.4. The monoisotopic (exact) mass is 667 g/mol. The molecule has 1 atom stereocenters. The highest BCUT2D eigenvalue weighted by molar-refractivity contribution is 7.92. The second-order valence-corrected chi connectivity index (χ2v) is 12.5. The molecule has 0 unspecified atom stereocenters. The Labute approximate surface area is 273 Å². The molecule has 46 heavy (non-hydrogen) atoms. The standard InChI is InChI=1S/C34H35ClFN3O6S/c1-4-37-34(41)30(20-24-10-6-5-7-11-24)38(22-25-12-8-9-13-29(25)35)33(40)23-39(27-16-14-26(36)15-17-27)46(42,43)28-18-19-31(44-2)32(21-28)45-3/h5-19,21,30H,4,20,22-23H2,1-3H3,(H,37,41)/t30-/m1/s1. The largest absolute Gasteiger partial charge is 0.493 e. The van der Waals surface area contributed by atoms with Crippen molar-refractivity contribution >= 4 is 39.1 Å². The van der Waals surface area contributed by atoms with E-state index in [2.05, 4.69) is 5.32 Å². The fourth-order valence-corrected chi connectivity index (χ4v) is 6.52. The molecule has 1 N–H and O–H groups in total. The van der Waals surface area contributed by atoms with Gasteiger partial charge in [-0.15, -0.1) is 0 Å². The molecule has 9 nitrogen and oxygen atoms in total. The molecular weight excluding hydrogens is 633 g/mol. The van der Waals surface area contributed by atoms with Gasteiger partial charge in [-0.05, 0) is 60.5 Å². The van der Waals surface area contributed by atoms with Crippen molar-refractivity contribution in [3.05, 3.63) is 119 Å². The molecule has 0 saturated heterocycles. The third kappa shape index (κ3) is 8.15. The molecule has 12 heteroatoms. The summed E-state index contributed by atoms with van der Waals surface area (Å²) >= 11 is 6.50. The van der Waals surface area contributed by atoms with Crippen LogP contribution in [0.2, 0.25) is 5.02 Å². The molecule has 0 bridgehead atoms. The zero-order valence-corrected chi connectivity index (χ0v) is 27.2. The average Bonchev–Trinajstić information content (AvgIpc) is 3.06. The van der Waals surface area contributed by atoms with Crippen LogP contribution in [-0.4, -0.2) is 58.5 Å². The Morgan fingerprint density at radius 2 is 1.54 bits per heavy atom. The number of amides is 2. The maximum Gasteiger partial charge on any atom is 0.264 e. The number of anilines is 1. The van der Waals surface area contributed by atoms with E-state index in [4.69, 9.17) is 21.1 Å². The van der Waals surface area contributed by atoms with Gasteiger partial charge in [0.1, 0.15) is 18.4 Å². The Kier molecular flexibility index (Phi) is 11.6. The Balaban J connectivity index is 1.82. The molecule has 0 aliphatic carbocycles. The number of hydrogen-bond donors (Lipinski definition) is 1. The first-order chi connectivity index (χ1) is 22.1. The SMILES string of the molecule is CCNC(=O)[C@@H](Cc1ccccc1)N(Cc1ccccc1Cl)C(=O)CN(c1ccc(F)cc1)S(=O)(=O)c1ccc(OC)c(OC)c1. The zero-order chi connectivity index (χ0) is 33.3. The normalized spacial score (nSPS) is 11.8.